The number of hydrogen-bond acceptors (Lipinski definition) is 5. The molecule has 35 heavy (non-hydrogen) atoms. The maximum absolute atomic E-state index is 13.1. The first-order valence-corrected chi connectivity index (χ1v) is 11.7. The number of aromatic nitrogens is 1. The third kappa shape index (κ3) is 4.37. The van der Waals surface area contributed by atoms with Crippen molar-refractivity contribution in [3.8, 4) is 0 Å². The summed E-state index contributed by atoms with van der Waals surface area (Å²) in [5, 5.41) is 3.03. The fourth-order valence-electron chi connectivity index (χ4n) is 4.78. The first-order valence-electron chi connectivity index (χ1n) is 11.7. The van der Waals surface area contributed by atoms with Crippen LogP contribution >= 0.6 is 0 Å². The molecule has 180 valence electrons. The van der Waals surface area contributed by atoms with Gasteiger partial charge in [0.1, 0.15) is 17.9 Å². The fourth-order valence-corrected chi connectivity index (χ4v) is 4.78. The number of carbonyl (C=O) groups excluding carboxylic acids is 4. The zero-order chi connectivity index (χ0) is 24.5. The highest BCUT2D eigenvalue weighted by molar-refractivity contribution is 6.31. The summed E-state index contributed by atoms with van der Waals surface area (Å²) in [4.78, 5) is 53.9. The number of para-hydroxylation sites is 1. The molecular weight excluding hydrogens is 448 g/mol. The van der Waals surface area contributed by atoms with E-state index in [0.717, 1.165) is 41.6 Å². The second kappa shape index (κ2) is 9.25. The van der Waals surface area contributed by atoms with E-state index in [0.29, 0.717) is 11.3 Å². The molecule has 1 aromatic carbocycles. The molecule has 1 atom stereocenters. The number of benzene rings is 1. The van der Waals surface area contributed by atoms with Gasteiger partial charge < -0.3 is 13.9 Å². The number of barbiturate groups is 1. The van der Waals surface area contributed by atoms with E-state index >= 15 is 0 Å². The van der Waals surface area contributed by atoms with Gasteiger partial charge in [0.05, 0.1) is 12.8 Å². The molecule has 5 rings (SSSR count). The lowest BCUT2D eigenvalue weighted by atomic mass is 10.0. The largest absolute Gasteiger partial charge is 0.467 e. The molecule has 2 saturated heterocycles. The molecule has 1 N–H and O–H groups in total. The Balaban J connectivity index is 1.47. The van der Waals surface area contributed by atoms with Crippen LogP contribution in [0.25, 0.3) is 17.0 Å². The number of piperidine rings is 1. The summed E-state index contributed by atoms with van der Waals surface area (Å²) < 4.78 is 7.10. The number of urea groups is 1. The molecule has 0 bridgehead atoms. The summed E-state index contributed by atoms with van der Waals surface area (Å²) in [6.07, 6.45) is 7.84. The minimum Gasteiger partial charge on any atom is -0.467 e. The van der Waals surface area contributed by atoms with Crippen LogP contribution in [0.5, 0.6) is 0 Å². The monoisotopic (exact) mass is 474 g/mol. The van der Waals surface area contributed by atoms with Crippen molar-refractivity contribution in [1.82, 2.24) is 19.7 Å². The molecule has 0 unspecified atom stereocenters. The Morgan fingerprint density at radius 2 is 1.97 bits per heavy atom. The van der Waals surface area contributed by atoms with Crippen LogP contribution in [0.2, 0.25) is 0 Å². The number of amides is 5. The SMILES string of the molecule is C[C@H]1CCCCN1C(=O)Cn1cc(/C=C2\C(=O)NC(=O)N(Cc3ccco3)C2=O)c2ccccc21. The van der Waals surface area contributed by atoms with Crippen molar-refractivity contribution in [3.05, 3.63) is 65.8 Å². The number of likely N-dealkylation sites (tertiary alicyclic amines) is 1. The van der Waals surface area contributed by atoms with E-state index in [2.05, 4.69) is 12.2 Å². The van der Waals surface area contributed by atoms with Crippen LogP contribution in [0, 0.1) is 0 Å². The molecule has 2 aromatic heterocycles. The van der Waals surface area contributed by atoms with Crippen LogP contribution in [-0.2, 0) is 27.5 Å². The normalized spacial score (nSPS) is 20.1. The van der Waals surface area contributed by atoms with Gasteiger partial charge in [-0.1, -0.05) is 18.2 Å². The number of hydrogen-bond donors (Lipinski definition) is 1. The predicted octanol–water partition coefficient (Wildman–Crippen LogP) is 3.30. The molecule has 0 aliphatic carbocycles. The van der Waals surface area contributed by atoms with Gasteiger partial charge in [0.2, 0.25) is 5.91 Å². The summed E-state index contributed by atoms with van der Waals surface area (Å²) in [6, 6.07) is 10.2. The highest BCUT2D eigenvalue weighted by Gasteiger charge is 2.36. The van der Waals surface area contributed by atoms with E-state index < -0.39 is 17.8 Å². The van der Waals surface area contributed by atoms with Crippen LogP contribution in [0.3, 0.4) is 0 Å². The molecule has 0 radical (unpaired) electrons. The van der Waals surface area contributed by atoms with Gasteiger partial charge in [-0.25, -0.2) is 4.79 Å². The molecule has 2 aliphatic heterocycles. The van der Waals surface area contributed by atoms with E-state index in [1.807, 2.05) is 33.7 Å². The third-order valence-electron chi connectivity index (χ3n) is 6.63. The van der Waals surface area contributed by atoms with Crippen molar-refractivity contribution in [2.45, 2.75) is 45.3 Å². The number of rotatable bonds is 5. The highest BCUT2D eigenvalue weighted by Crippen LogP contribution is 2.26. The maximum atomic E-state index is 13.1. The van der Waals surface area contributed by atoms with E-state index in [1.165, 1.54) is 12.3 Å². The molecule has 9 heteroatoms. The Labute approximate surface area is 202 Å². The van der Waals surface area contributed by atoms with Crippen LogP contribution in [0.4, 0.5) is 4.79 Å². The number of carbonyl (C=O) groups is 4. The number of fused-ring (bicyclic) bond motifs is 1. The molecular formula is C26H26N4O5. The summed E-state index contributed by atoms with van der Waals surface area (Å²) in [6.45, 7) is 2.90. The Bertz CT molecular complexity index is 1340. The first-order chi connectivity index (χ1) is 16.9. The zero-order valence-electron chi connectivity index (χ0n) is 19.4. The van der Waals surface area contributed by atoms with Gasteiger partial charge >= 0.3 is 6.03 Å². The lowest BCUT2D eigenvalue weighted by Crippen LogP contribution is -2.53. The molecule has 0 saturated carbocycles. The van der Waals surface area contributed by atoms with Crippen LogP contribution in [-0.4, -0.2) is 50.7 Å². The third-order valence-corrected chi connectivity index (χ3v) is 6.63. The van der Waals surface area contributed by atoms with Gasteiger partial charge in [0, 0.05) is 35.2 Å². The Kier molecular flexibility index (Phi) is 5.98. The standard InChI is InChI=1S/C26H26N4O5/c1-17-7-4-5-11-29(17)23(31)16-28-14-18(20-9-2-3-10-22(20)28)13-21-24(32)27-26(34)30(25(21)33)15-19-8-6-12-35-19/h2-3,6,8-10,12-14,17H,4-5,7,11,15-16H2,1H3,(H,27,32,34)/b21-13+/t17-/m0/s1. The smallest absolute Gasteiger partial charge is 0.331 e. The summed E-state index contributed by atoms with van der Waals surface area (Å²) in [7, 11) is 0. The van der Waals surface area contributed by atoms with E-state index in [4.69, 9.17) is 4.42 Å². The van der Waals surface area contributed by atoms with Crippen LogP contribution in [0.15, 0.2) is 58.8 Å². The minimum absolute atomic E-state index is 0.0406. The second-order valence-corrected chi connectivity index (χ2v) is 8.95. The summed E-state index contributed by atoms with van der Waals surface area (Å²) >= 11 is 0. The van der Waals surface area contributed by atoms with Gasteiger partial charge in [-0.3, -0.25) is 24.6 Å². The molecule has 4 heterocycles. The quantitative estimate of drug-likeness (QED) is 0.451. The number of nitrogens with zero attached hydrogens (tertiary/aromatic N) is 3. The topological polar surface area (TPSA) is 105 Å². The average Bonchev–Trinajstić information content (AvgIpc) is 3.48. The van der Waals surface area contributed by atoms with E-state index in [9.17, 15) is 19.2 Å². The first kappa shape index (κ1) is 22.6. The maximum Gasteiger partial charge on any atom is 0.331 e. The zero-order valence-corrected chi connectivity index (χ0v) is 19.4. The molecule has 3 aromatic rings. The van der Waals surface area contributed by atoms with Crippen LogP contribution < -0.4 is 5.32 Å². The lowest BCUT2D eigenvalue weighted by Gasteiger charge is -2.33. The Morgan fingerprint density at radius 3 is 2.74 bits per heavy atom. The Hall–Kier alpha value is -4.14. The van der Waals surface area contributed by atoms with E-state index in [-0.39, 0.29) is 30.6 Å². The van der Waals surface area contributed by atoms with Gasteiger partial charge in [0.25, 0.3) is 11.8 Å². The lowest BCUT2D eigenvalue weighted by molar-refractivity contribution is -0.135. The highest BCUT2D eigenvalue weighted by atomic mass is 16.3. The predicted molar refractivity (Wildman–Crippen MR) is 128 cm³/mol. The Morgan fingerprint density at radius 1 is 1.14 bits per heavy atom. The number of furan rings is 1. The van der Waals surface area contributed by atoms with Crippen molar-refractivity contribution in [2.75, 3.05) is 6.54 Å². The van der Waals surface area contributed by atoms with Gasteiger partial charge in [-0.05, 0) is 50.5 Å². The molecule has 9 nitrogen and oxygen atoms in total. The minimum atomic E-state index is -0.794. The summed E-state index contributed by atoms with van der Waals surface area (Å²) in [5.74, 6) is -1.00. The second-order valence-electron chi connectivity index (χ2n) is 8.95. The van der Waals surface area contributed by atoms with Crippen molar-refractivity contribution < 1.29 is 23.6 Å². The number of imide groups is 2. The van der Waals surface area contributed by atoms with Crippen molar-refractivity contribution in [1.29, 1.82) is 0 Å². The molecule has 0 spiro atoms. The average molecular weight is 475 g/mol. The van der Waals surface area contributed by atoms with Crippen molar-refractivity contribution >= 4 is 40.7 Å². The van der Waals surface area contributed by atoms with Crippen molar-refractivity contribution in [2.24, 2.45) is 0 Å². The molecule has 5 amide bonds. The van der Waals surface area contributed by atoms with Crippen molar-refractivity contribution in [3.63, 3.8) is 0 Å². The molecule has 2 fully saturated rings. The van der Waals surface area contributed by atoms with Gasteiger partial charge in [-0.2, -0.15) is 0 Å². The molecule has 2 aliphatic rings. The van der Waals surface area contributed by atoms with E-state index in [1.54, 1.807) is 18.3 Å². The van der Waals surface area contributed by atoms with Gasteiger partial charge in [-0.15, -0.1) is 0 Å². The van der Waals surface area contributed by atoms with Gasteiger partial charge in [0.15, 0.2) is 0 Å². The fraction of sp³-hybridized carbons (Fsp3) is 0.308. The number of nitrogens with one attached hydrogen (secondary N) is 1. The summed E-state index contributed by atoms with van der Waals surface area (Å²) in [5.41, 5.74) is 1.28. The van der Waals surface area contributed by atoms with Crippen LogP contribution in [0.1, 0.15) is 37.5 Å².